The van der Waals surface area contributed by atoms with E-state index in [4.69, 9.17) is 0 Å². The van der Waals surface area contributed by atoms with Gasteiger partial charge in [0.05, 0.1) is 10.6 Å². The number of amides is 2. The van der Waals surface area contributed by atoms with Crippen LogP contribution in [-0.4, -0.2) is 17.1 Å². The summed E-state index contributed by atoms with van der Waals surface area (Å²) in [7, 11) is 0. The van der Waals surface area contributed by atoms with E-state index >= 15 is 0 Å². The predicted octanol–water partition coefficient (Wildman–Crippen LogP) is 3.55. The molecular formula is C16H19N3OS. The second kappa shape index (κ2) is 6.72. The van der Waals surface area contributed by atoms with Crippen LogP contribution in [-0.2, 0) is 6.54 Å². The maximum absolute atomic E-state index is 11.9. The third-order valence-electron chi connectivity index (χ3n) is 3.78. The predicted molar refractivity (Wildman–Crippen MR) is 85.2 cm³/mol. The van der Waals surface area contributed by atoms with Crippen LogP contribution >= 0.6 is 11.3 Å². The Kier molecular flexibility index (Phi) is 4.50. The smallest absolute Gasteiger partial charge is 0.315 e. The van der Waals surface area contributed by atoms with Crippen LogP contribution in [0.15, 0.2) is 35.8 Å². The number of rotatable bonds is 4. The summed E-state index contributed by atoms with van der Waals surface area (Å²) in [6.45, 7) is 0.500. The van der Waals surface area contributed by atoms with E-state index in [1.165, 1.54) is 12.8 Å². The van der Waals surface area contributed by atoms with Crippen molar-refractivity contribution in [1.82, 2.24) is 15.6 Å². The quantitative estimate of drug-likeness (QED) is 0.907. The number of thiophene rings is 1. The van der Waals surface area contributed by atoms with Crippen LogP contribution in [0, 0.1) is 0 Å². The van der Waals surface area contributed by atoms with E-state index in [1.54, 1.807) is 17.5 Å². The van der Waals surface area contributed by atoms with Gasteiger partial charge in [0.25, 0.3) is 0 Å². The van der Waals surface area contributed by atoms with Crippen LogP contribution in [0.3, 0.4) is 0 Å². The molecule has 0 radical (unpaired) electrons. The fourth-order valence-corrected chi connectivity index (χ4v) is 3.45. The molecule has 3 rings (SSSR count). The molecule has 0 unspecified atom stereocenters. The van der Waals surface area contributed by atoms with Gasteiger partial charge in [-0.2, -0.15) is 0 Å². The minimum atomic E-state index is -0.0807. The Hall–Kier alpha value is -1.88. The highest BCUT2D eigenvalue weighted by Crippen LogP contribution is 2.25. The van der Waals surface area contributed by atoms with Crippen LogP contribution in [0.2, 0.25) is 0 Å². The van der Waals surface area contributed by atoms with Gasteiger partial charge in [0.2, 0.25) is 0 Å². The van der Waals surface area contributed by atoms with Gasteiger partial charge in [-0.05, 0) is 35.9 Å². The van der Waals surface area contributed by atoms with E-state index in [0.29, 0.717) is 12.6 Å². The minimum Gasteiger partial charge on any atom is -0.335 e. The second-order valence-corrected chi connectivity index (χ2v) is 6.24. The Morgan fingerprint density at radius 1 is 1.29 bits per heavy atom. The van der Waals surface area contributed by atoms with Crippen molar-refractivity contribution in [1.29, 1.82) is 0 Å². The molecule has 0 spiro atoms. The van der Waals surface area contributed by atoms with Gasteiger partial charge in [-0.3, -0.25) is 4.98 Å². The van der Waals surface area contributed by atoms with E-state index in [0.717, 1.165) is 29.0 Å². The minimum absolute atomic E-state index is 0.0807. The zero-order valence-electron chi connectivity index (χ0n) is 11.8. The molecule has 0 bridgehead atoms. The Morgan fingerprint density at radius 2 is 2.14 bits per heavy atom. The summed E-state index contributed by atoms with van der Waals surface area (Å²) in [6, 6.07) is 8.24. The van der Waals surface area contributed by atoms with Gasteiger partial charge in [-0.15, -0.1) is 11.3 Å². The number of pyridine rings is 1. The average molecular weight is 301 g/mol. The Labute approximate surface area is 128 Å². The second-order valence-electron chi connectivity index (χ2n) is 5.30. The van der Waals surface area contributed by atoms with Crippen LogP contribution < -0.4 is 10.6 Å². The third kappa shape index (κ3) is 3.61. The zero-order valence-corrected chi connectivity index (χ0v) is 12.7. The zero-order chi connectivity index (χ0) is 14.5. The number of carbonyl (C=O) groups excluding carboxylic acids is 1. The van der Waals surface area contributed by atoms with Gasteiger partial charge in [0.15, 0.2) is 0 Å². The number of hydrogen-bond donors (Lipinski definition) is 2. The highest BCUT2D eigenvalue weighted by atomic mass is 32.1. The standard InChI is InChI=1S/C16H19N3OS/c20-16(19-13-6-1-2-7-13)18-11-12-5-3-9-17-15(12)14-8-4-10-21-14/h3-5,8-10,13H,1-2,6-7,11H2,(H2,18,19,20). The number of aromatic nitrogens is 1. The number of nitrogens with one attached hydrogen (secondary N) is 2. The molecule has 1 aliphatic carbocycles. The lowest BCUT2D eigenvalue weighted by atomic mass is 10.1. The van der Waals surface area contributed by atoms with Crippen molar-refractivity contribution in [2.75, 3.05) is 0 Å². The molecule has 1 fully saturated rings. The monoisotopic (exact) mass is 301 g/mol. The van der Waals surface area contributed by atoms with Crippen LogP contribution in [0.4, 0.5) is 4.79 Å². The van der Waals surface area contributed by atoms with Gasteiger partial charge < -0.3 is 10.6 Å². The lowest BCUT2D eigenvalue weighted by Crippen LogP contribution is -2.40. The molecule has 2 aromatic rings. The van der Waals surface area contributed by atoms with Crippen molar-refractivity contribution in [3.63, 3.8) is 0 Å². The van der Waals surface area contributed by atoms with Crippen molar-refractivity contribution in [2.24, 2.45) is 0 Å². The molecule has 2 amide bonds. The van der Waals surface area contributed by atoms with Crippen LogP contribution in [0.1, 0.15) is 31.2 Å². The van der Waals surface area contributed by atoms with Crippen LogP contribution in [0.5, 0.6) is 0 Å². The van der Waals surface area contributed by atoms with Gasteiger partial charge in [-0.25, -0.2) is 4.79 Å². The molecule has 2 aromatic heterocycles. The Morgan fingerprint density at radius 3 is 2.90 bits per heavy atom. The lowest BCUT2D eigenvalue weighted by molar-refractivity contribution is 0.236. The van der Waals surface area contributed by atoms with Gasteiger partial charge >= 0.3 is 6.03 Å². The first-order valence-electron chi connectivity index (χ1n) is 7.35. The van der Waals surface area contributed by atoms with E-state index in [2.05, 4.69) is 21.7 Å². The topological polar surface area (TPSA) is 54.0 Å². The molecule has 1 aliphatic rings. The number of carbonyl (C=O) groups is 1. The molecule has 0 aliphatic heterocycles. The summed E-state index contributed by atoms with van der Waals surface area (Å²) in [5, 5.41) is 8.01. The molecular weight excluding hydrogens is 282 g/mol. The van der Waals surface area contributed by atoms with Crippen molar-refractivity contribution in [2.45, 2.75) is 38.3 Å². The van der Waals surface area contributed by atoms with Crippen molar-refractivity contribution < 1.29 is 4.79 Å². The molecule has 0 saturated heterocycles. The van der Waals surface area contributed by atoms with Gasteiger partial charge in [-0.1, -0.05) is 25.0 Å². The van der Waals surface area contributed by atoms with Crippen molar-refractivity contribution in [3.8, 4) is 10.6 Å². The normalized spacial score (nSPS) is 15.0. The van der Waals surface area contributed by atoms with E-state index in [-0.39, 0.29) is 6.03 Å². The maximum Gasteiger partial charge on any atom is 0.315 e. The molecule has 21 heavy (non-hydrogen) atoms. The summed E-state index contributed by atoms with van der Waals surface area (Å²) in [5.41, 5.74) is 2.00. The summed E-state index contributed by atoms with van der Waals surface area (Å²) in [5.74, 6) is 0. The van der Waals surface area contributed by atoms with Crippen molar-refractivity contribution >= 4 is 17.4 Å². The van der Waals surface area contributed by atoms with E-state index in [1.807, 2.05) is 23.6 Å². The molecule has 2 heterocycles. The van der Waals surface area contributed by atoms with Crippen molar-refractivity contribution in [3.05, 3.63) is 41.4 Å². The molecule has 2 N–H and O–H groups in total. The molecule has 5 heteroatoms. The first-order chi connectivity index (χ1) is 10.3. The molecule has 110 valence electrons. The number of nitrogens with zero attached hydrogens (tertiary/aromatic N) is 1. The fraction of sp³-hybridized carbons (Fsp3) is 0.375. The number of urea groups is 1. The summed E-state index contributed by atoms with van der Waals surface area (Å²) < 4.78 is 0. The summed E-state index contributed by atoms with van der Waals surface area (Å²) in [4.78, 5) is 17.5. The summed E-state index contributed by atoms with van der Waals surface area (Å²) >= 11 is 1.66. The first kappa shape index (κ1) is 14.1. The number of hydrogen-bond acceptors (Lipinski definition) is 3. The van der Waals surface area contributed by atoms with Crippen LogP contribution in [0.25, 0.3) is 10.6 Å². The SMILES string of the molecule is O=C(NCc1cccnc1-c1cccs1)NC1CCCC1. The third-order valence-corrected chi connectivity index (χ3v) is 4.65. The Balaban J connectivity index is 1.61. The molecule has 0 atom stereocenters. The van der Waals surface area contributed by atoms with Gasteiger partial charge in [0.1, 0.15) is 0 Å². The largest absolute Gasteiger partial charge is 0.335 e. The van der Waals surface area contributed by atoms with Gasteiger partial charge in [0, 0.05) is 18.8 Å². The summed E-state index contributed by atoms with van der Waals surface area (Å²) in [6.07, 6.45) is 6.42. The lowest BCUT2D eigenvalue weighted by Gasteiger charge is -2.13. The highest BCUT2D eigenvalue weighted by molar-refractivity contribution is 7.13. The average Bonchev–Trinajstić information content (AvgIpc) is 3.18. The van der Waals surface area contributed by atoms with E-state index in [9.17, 15) is 4.79 Å². The molecule has 0 aromatic carbocycles. The molecule has 1 saturated carbocycles. The fourth-order valence-electron chi connectivity index (χ4n) is 2.70. The van der Waals surface area contributed by atoms with E-state index < -0.39 is 0 Å². The first-order valence-corrected chi connectivity index (χ1v) is 8.23. The maximum atomic E-state index is 11.9. The highest BCUT2D eigenvalue weighted by Gasteiger charge is 2.17. The Bertz CT molecular complexity index is 591. The molecule has 4 nitrogen and oxygen atoms in total.